The number of carbonyl (C=O) groups is 2. The number of rotatable bonds is 3. The first-order chi connectivity index (χ1) is 9.99. The number of carboxylic acid groups (broad SMARTS) is 1. The van der Waals surface area contributed by atoms with Crippen LogP contribution >= 0.6 is 43.6 Å². The fraction of sp³-hybridized carbons (Fsp3) is 0.429. The van der Waals surface area contributed by atoms with Crippen LogP contribution in [0.2, 0.25) is 0 Å². The molecule has 1 aromatic rings. The van der Waals surface area contributed by atoms with Crippen molar-refractivity contribution in [3.63, 3.8) is 0 Å². The van der Waals surface area contributed by atoms with Gasteiger partial charge in [0.1, 0.15) is 6.04 Å². The number of carbonyl (C=O) groups excluding carboxylic acids is 1. The SMILES string of the molecule is O=C(O)C1CSC(C2CC2)N1C(=O)c1ccc(Br)cc1Br. The van der Waals surface area contributed by atoms with Crippen molar-refractivity contribution >= 4 is 55.5 Å². The van der Waals surface area contributed by atoms with E-state index < -0.39 is 12.0 Å². The van der Waals surface area contributed by atoms with Gasteiger partial charge in [-0.25, -0.2) is 4.79 Å². The minimum atomic E-state index is -0.924. The van der Waals surface area contributed by atoms with Crippen molar-refractivity contribution in [2.45, 2.75) is 24.3 Å². The lowest BCUT2D eigenvalue weighted by molar-refractivity contribution is -0.141. The van der Waals surface area contributed by atoms with E-state index in [1.807, 2.05) is 0 Å². The number of nitrogens with zero attached hydrogens (tertiary/aromatic N) is 1. The topological polar surface area (TPSA) is 57.6 Å². The van der Waals surface area contributed by atoms with Gasteiger partial charge in [-0.15, -0.1) is 11.8 Å². The summed E-state index contributed by atoms with van der Waals surface area (Å²) in [6, 6.07) is 4.59. The predicted octanol–water partition coefficient (Wildman–Crippen LogP) is 3.59. The van der Waals surface area contributed by atoms with Crippen molar-refractivity contribution in [2.75, 3.05) is 5.75 Å². The molecule has 1 aliphatic carbocycles. The lowest BCUT2D eigenvalue weighted by atomic mass is 10.1. The van der Waals surface area contributed by atoms with E-state index in [9.17, 15) is 14.7 Å². The molecule has 2 atom stereocenters. The zero-order chi connectivity index (χ0) is 15.1. The van der Waals surface area contributed by atoms with Gasteiger partial charge < -0.3 is 10.0 Å². The van der Waals surface area contributed by atoms with Gasteiger partial charge in [0, 0.05) is 14.7 Å². The molecule has 112 valence electrons. The van der Waals surface area contributed by atoms with Crippen molar-refractivity contribution in [3.8, 4) is 0 Å². The molecular weight excluding hydrogens is 422 g/mol. The quantitative estimate of drug-likeness (QED) is 0.789. The minimum absolute atomic E-state index is 0.00542. The van der Waals surface area contributed by atoms with Crippen LogP contribution in [-0.4, -0.2) is 39.1 Å². The van der Waals surface area contributed by atoms with Crippen LogP contribution in [0, 0.1) is 5.92 Å². The van der Waals surface area contributed by atoms with Crippen molar-refractivity contribution in [2.24, 2.45) is 5.92 Å². The Labute approximate surface area is 143 Å². The van der Waals surface area contributed by atoms with E-state index in [0.717, 1.165) is 17.3 Å². The smallest absolute Gasteiger partial charge is 0.327 e. The maximum atomic E-state index is 12.8. The van der Waals surface area contributed by atoms with Crippen LogP contribution in [0.5, 0.6) is 0 Å². The molecule has 4 nitrogen and oxygen atoms in total. The summed E-state index contributed by atoms with van der Waals surface area (Å²) in [5.74, 6) is -0.218. The predicted molar refractivity (Wildman–Crippen MR) is 88.4 cm³/mol. The summed E-state index contributed by atoms with van der Waals surface area (Å²) in [5.41, 5.74) is 0.512. The fourth-order valence-corrected chi connectivity index (χ4v) is 5.37. The minimum Gasteiger partial charge on any atom is -0.480 e. The normalized spacial score (nSPS) is 25.1. The lowest BCUT2D eigenvalue weighted by Crippen LogP contribution is -2.46. The molecule has 1 N–H and O–H groups in total. The maximum Gasteiger partial charge on any atom is 0.327 e. The Morgan fingerprint density at radius 2 is 2.00 bits per heavy atom. The van der Waals surface area contributed by atoms with Gasteiger partial charge in [-0.3, -0.25) is 4.79 Å². The summed E-state index contributed by atoms with van der Waals surface area (Å²) >= 11 is 8.34. The van der Waals surface area contributed by atoms with Gasteiger partial charge in [-0.05, 0) is 52.9 Å². The Hall–Kier alpha value is -0.530. The van der Waals surface area contributed by atoms with E-state index in [0.29, 0.717) is 21.7 Å². The fourth-order valence-electron chi connectivity index (χ4n) is 2.52. The summed E-state index contributed by atoms with van der Waals surface area (Å²) in [5, 5.41) is 9.38. The van der Waals surface area contributed by atoms with Crippen LogP contribution < -0.4 is 0 Å². The van der Waals surface area contributed by atoms with Gasteiger partial charge in [0.05, 0.1) is 10.9 Å². The first-order valence-electron chi connectivity index (χ1n) is 6.61. The van der Waals surface area contributed by atoms with Gasteiger partial charge in [-0.1, -0.05) is 15.9 Å². The van der Waals surface area contributed by atoms with Gasteiger partial charge >= 0.3 is 5.97 Å². The Morgan fingerprint density at radius 3 is 2.57 bits per heavy atom. The highest BCUT2D eigenvalue weighted by Crippen LogP contribution is 2.46. The van der Waals surface area contributed by atoms with Crippen LogP contribution in [0.25, 0.3) is 0 Å². The molecule has 0 radical (unpaired) electrons. The first kappa shape index (κ1) is 15.4. The molecule has 1 saturated carbocycles. The second-order valence-electron chi connectivity index (χ2n) is 5.25. The van der Waals surface area contributed by atoms with Gasteiger partial charge in [0.25, 0.3) is 5.91 Å². The standard InChI is InChI=1S/C14H13Br2NO3S/c15-8-3-4-9(10(16)5-8)12(18)17-11(14(19)20)6-21-13(17)7-1-2-7/h3-5,7,11,13H,1-2,6H2,(H,19,20). The Kier molecular flexibility index (Phi) is 4.34. The summed E-state index contributed by atoms with van der Waals surface area (Å²) < 4.78 is 1.55. The third-order valence-corrected chi connectivity index (χ3v) is 6.35. The summed E-state index contributed by atoms with van der Waals surface area (Å²) in [4.78, 5) is 25.9. The number of halogens is 2. The van der Waals surface area contributed by atoms with Crippen LogP contribution in [0.4, 0.5) is 0 Å². The van der Waals surface area contributed by atoms with E-state index in [-0.39, 0.29) is 11.3 Å². The molecule has 0 spiro atoms. The molecule has 0 aromatic heterocycles. The lowest BCUT2D eigenvalue weighted by Gasteiger charge is -2.27. The van der Waals surface area contributed by atoms with Crippen LogP contribution in [-0.2, 0) is 4.79 Å². The molecule has 3 rings (SSSR count). The molecule has 7 heteroatoms. The highest BCUT2D eigenvalue weighted by Gasteiger charge is 2.48. The molecule has 1 aromatic carbocycles. The summed E-state index contributed by atoms with van der Waals surface area (Å²) in [6.45, 7) is 0. The average Bonchev–Trinajstić information content (AvgIpc) is 3.16. The Balaban J connectivity index is 1.93. The molecule has 21 heavy (non-hydrogen) atoms. The molecule has 1 aliphatic heterocycles. The van der Waals surface area contributed by atoms with Gasteiger partial charge in [0.2, 0.25) is 0 Å². The van der Waals surface area contributed by atoms with Crippen LogP contribution in [0.15, 0.2) is 27.1 Å². The van der Waals surface area contributed by atoms with Crippen LogP contribution in [0.1, 0.15) is 23.2 Å². The first-order valence-corrected chi connectivity index (χ1v) is 9.24. The van der Waals surface area contributed by atoms with E-state index in [1.165, 1.54) is 0 Å². The van der Waals surface area contributed by atoms with Crippen molar-refractivity contribution in [3.05, 3.63) is 32.7 Å². The second kappa shape index (κ2) is 5.93. The number of benzene rings is 1. The Bertz CT molecular complexity index is 606. The molecule has 2 fully saturated rings. The highest BCUT2D eigenvalue weighted by molar-refractivity contribution is 9.11. The van der Waals surface area contributed by atoms with E-state index in [4.69, 9.17) is 0 Å². The molecule has 0 bridgehead atoms. The molecule has 2 unspecified atom stereocenters. The number of hydrogen-bond acceptors (Lipinski definition) is 3. The van der Waals surface area contributed by atoms with Gasteiger partial charge in [-0.2, -0.15) is 0 Å². The molecule has 1 heterocycles. The number of hydrogen-bond donors (Lipinski definition) is 1. The summed E-state index contributed by atoms with van der Waals surface area (Å²) in [7, 11) is 0. The number of carboxylic acids is 1. The number of thioether (sulfide) groups is 1. The van der Waals surface area contributed by atoms with E-state index in [2.05, 4.69) is 31.9 Å². The van der Waals surface area contributed by atoms with Crippen molar-refractivity contribution < 1.29 is 14.7 Å². The van der Waals surface area contributed by atoms with Gasteiger partial charge in [0.15, 0.2) is 0 Å². The zero-order valence-corrected chi connectivity index (χ0v) is 14.9. The monoisotopic (exact) mass is 433 g/mol. The van der Waals surface area contributed by atoms with Crippen molar-refractivity contribution in [1.82, 2.24) is 4.90 Å². The highest BCUT2D eigenvalue weighted by atomic mass is 79.9. The average molecular weight is 435 g/mol. The molecule has 1 amide bonds. The third kappa shape index (κ3) is 3.00. The van der Waals surface area contributed by atoms with Crippen molar-refractivity contribution in [1.29, 1.82) is 0 Å². The molecule has 2 aliphatic rings. The maximum absolute atomic E-state index is 12.8. The Morgan fingerprint density at radius 1 is 1.29 bits per heavy atom. The molecule has 1 saturated heterocycles. The van der Waals surface area contributed by atoms with E-state index >= 15 is 0 Å². The largest absolute Gasteiger partial charge is 0.480 e. The molecular formula is C14H13Br2NO3S. The van der Waals surface area contributed by atoms with E-state index in [1.54, 1.807) is 34.9 Å². The summed E-state index contributed by atoms with van der Waals surface area (Å²) in [6.07, 6.45) is 2.16. The number of aliphatic carboxylic acids is 1. The second-order valence-corrected chi connectivity index (χ2v) is 8.17. The van der Waals surface area contributed by atoms with Crippen LogP contribution in [0.3, 0.4) is 0 Å². The third-order valence-electron chi connectivity index (χ3n) is 3.74. The number of amides is 1. The zero-order valence-electron chi connectivity index (χ0n) is 11.0.